The molecule has 0 aliphatic carbocycles. The molecule has 2 heterocycles. The van der Waals surface area contributed by atoms with Gasteiger partial charge < -0.3 is 4.90 Å². The van der Waals surface area contributed by atoms with Gasteiger partial charge >= 0.3 is 0 Å². The first-order valence-corrected chi connectivity index (χ1v) is 11.3. The fourth-order valence-electron chi connectivity index (χ4n) is 3.20. The quantitative estimate of drug-likeness (QED) is 0.321. The second-order valence-corrected chi connectivity index (χ2v) is 8.73. The molecule has 0 unspecified atom stereocenters. The van der Waals surface area contributed by atoms with Gasteiger partial charge in [0.1, 0.15) is 5.69 Å². The van der Waals surface area contributed by atoms with Crippen LogP contribution in [0.5, 0.6) is 0 Å². The van der Waals surface area contributed by atoms with Crippen LogP contribution in [0.3, 0.4) is 0 Å². The number of thiazole rings is 1. The highest BCUT2D eigenvalue weighted by Gasteiger charge is 2.21. The van der Waals surface area contributed by atoms with Gasteiger partial charge in [0.15, 0.2) is 0 Å². The lowest BCUT2D eigenvalue weighted by atomic mass is 10.1. The Balaban J connectivity index is 1.56. The van der Waals surface area contributed by atoms with Crippen LogP contribution in [0.1, 0.15) is 32.3 Å². The largest absolute Gasteiger partial charge is 0.327 e. The third-order valence-electron chi connectivity index (χ3n) is 4.74. The molecule has 1 amide bonds. The van der Waals surface area contributed by atoms with E-state index in [1.165, 1.54) is 11.3 Å². The molecule has 0 N–H and O–H groups in total. The van der Waals surface area contributed by atoms with Crippen LogP contribution in [0.15, 0.2) is 78.3 Å². The number of hydrogen-bond acceptors (Lipinski definition) is 4. The number of carbonyl (C=O) groups excluding carboxylic acids is 1. The van der Waals surface area contributed by atoms with E-state index in [-0.39, 0.29) is 5.91 Å². The van der Waals surface area contributed by atoms with Crippen molar-refractivity contribution >= 4 is 40.4 Å². The van der Waals surface area contributed by atoms with Gasteiger partial charge in [-0.3, -0.25) is 9.78 Å². The van der Waals surface area contributed by atoms with E-state index >= 15 is 0 Å². The molecule has 0 atom stereocenters. The molecule has 4 nitrogen and oxygen atoms in total. The molecule has 0 fully saturated rings. The SMILES string of the molecule is O=C(c1csc(Cc2c(Cl)cccc2Cl)n1)N(Cc1ccccc1)Cc1ccccn1. The van der Waals surface area contributed by atoms with Gasteiger partial charge in [0.05, 0.1) is 17.2 Å². The summed E-state index contributed by atoms with van der Waals surface area (Å²) in [4.78, 5) is 24.1. The molecular weight excluding hydrogens is 449 g/mol. The van der Waals surface area contributed by atoms with E-state index in [4.69, 9.17) is 23.2 Å². The van der Waals surface area contributed by atoms with Gasteiger partial charge in [0, 0.05) is 34.6 Å². The Morgan fingerprint density at radius 3 is 2.35 bits per heavy atom. The van der Waals surface area contributed by atoms with Crippen LogP contribution >= 0.6 is 34.5 Å². The van der Waals surface area contributed by atoms with Gasteiger partial charge in [-0.1, -0.05) is 65.7 Å². The normalized spacial score (nSPS) is 10.8. The zero-order chi connectivity index (χ0) is 21.6. The molecule has 4 rings (SSSR count). The lowest BCUT2D eigenvalue weighted by Crippen LogP contribution is -2.30. The van der Waals surface area contributed by atoms with Gasteiger partial charge in [0.2, 0.25) is 0 Å². The highest BCUT2D eigenvalue weighted by Crippen LogP contribution is 2.28. The molecule has 0 bridgehead atoms. The second kappa shape index (κ2) is 10.1. The van der Waals surface area contributed by atoms with Crippen LogP contribution in [-0.4, -0.2) is 20.8 Å². The van der Waals surface area contributed by atoms with E-state index in [0.717, 1.165) is 21.8 Å². The van der Waals surface area contributed by atoms with Crippen LogP contribution in [0.4, 0.5) is 0 Å². The minimum absolute atomic E-state index is 0.137. The standard InChI is InChI=1S/C24H19Cl2N3OS/c25-20-10-6-11-21(26)19(20)13-23-28-22(16-31-23)24(30)29(14-17-7-2-1-3-8-17)15-18-9-4-5-12-27-18/h1-12,16H,13-15H2. The molecule has 0 spiro atoms. The summed E-state index contributed by atoms with van der Waals surface area (Å²) in [5.74, 6) is -0.137. The summed E-state index contributed by atoms with van der Waals surface area (Å²) in [7, 11) is 0. The summed E-state index contributed by atoms with van der Waals surface area (Å²) in [5, 5.41) is 3.77. The van der Waals surface area contributed by atoms with Crippen molar-refractivity contribution in [3.05, 3.63) is 116 Å². The number of benzene rings is 2. The van der Waals surface area contributed by atoms with E-state index in [1.54, 1.807) is 28.6 Å². The van der Waals surface area contributed by atoms with E-state index in [9.17, 15) is 4.79 Å². The van der Waals surface area contributed by atoms with Crippen LogP contribution in [0.2, 0.25) is 10.0 Å². The third-order valence-corrected chi connectivity index (χ3v) is 6.30. The van der Waals surface area contributed by atoms with Crippen LogP contribution < -0.4 is 0 Å². The summed E-state index contributed by atoms with van der Waals surface area (Å²) in [6.07, 6.45) is 2.21. The van der Waals surface area contributed by atoms with Crippen molar-refractivity contribution in [2.24, 2.45) is 0 Å². The molecule has 0 aliphatic heterocycles. The van der Waals surface area contributed by atoms with Crippen molar-refractivity contribution in [2.75, 3.05) is 0 Å². The second-order valence-electron chi connectivity index (χ2n) is 6.97. The third kappa shape index (κ3) is 5.50. The van der Waals surface area contributed by atoms with Crippen molar-refractivity contribution in [1.82, 2.24) is 14.9 Å². The lowest BCUT2D eigenvalue weighted by Gasteiger charge is -2.21. The first-order valence-electron chi connectivity index (χ1n) is 9.70. The summed E-state index contributed by atoms with van der Waals surface area (Å²) >= 11 is 14.0. The number of carbonyl (C=O) groups is 1. The molecule has 0 aliphatic rings. The van der Waals surface area contributed by atoms with Crippen molar-refractivity contribution in [3.8, 4) is 0 Å². The molecule has 0 saturated heterocycles. The van der Waals surface area contributed by atoms with Gasteiger partial charge in [-0.25, -0.2) is 4.98 Å². The maximum atomic E-state index is 13.3. The Hall–Kier alpha value is -2.73. The average Bonchev–Trinajstić information content (AvgIpc) is 3.26. The molecular formula is C24H19Cl2N3OS. The molecule has 0 saturated carbocycles. The summed E-state index contributed by atoms with van der Waals surface area (Å²) in [6, 6.07) is 21.0. The van der Waals surface area contributed by atoms with Crippen molar-refractivity contribution in [3.63, 3.8) is 0 Å². The molecule has 2 aromatic heterocycles. The summed E-state index contributed by atoms with van der Waals surface area (Å²) in [5.41, 5.74) is 3.10. The van der Waals surface area contributed by atoms with E-state index in [1.807, 2.05) is 54.6 Å². The van der Waals surface area contributed by atoms with E-state index in [2.05, 4.69) is 9.97 Å². The average molecular weight is 468 g/mol. The van der Waals surface area contributed by atoms with Crippen molar-refractivity contribution in [1.29, 1.82) is 0 Å². The molecule has 4 aromatic rings. The molecule has 31 heavy (non-hydrogen) atoms. The maximum absolute atomic E-state index is 13.3. The van der Waals surface area contributed by atoms with Crippen molar-refractivity contribution < 1.29 is 4.79 Å². The Morgan fingerprint density at radius 2 is 1.65 bits per heavy atom. The van der Waals surface area contributed by atoms with Gasteiger partial charge in [-0.15, -0.1) is 11.3 Å². The molecule has 7 heteroatoms. The number of aromatic nitrogens is 2. The minimum atomic E-state index is -0.137. The summed E-state index contributed by atoms with van der Waals surface area (Å²) < 4.78 is 0. The van der Waals surface area contributed by atoms with Crippen LogP contribution in [-0.2, 0) is 19.5 Å². The predicted octanol–water partition coefficient (Wildman–Crippen LogP) is 6.28. The Labute approximate surface area is 195 Å². The molecule has 2 aromatic carbocycles. The molecule has 0 radical (unpaired) electrons. The number of rotatable bonds is 7. The van der Waals surface area contributed by atoms with Gasteiger partial charge in [-0.05, 0) is 35.4 Å². The zero-order valence-electron chi connectivity index (χ0n) is 16.5. The highest BCUT2D eigenvalue weighted by molar-refractivity contribution is 7.09. The van der Waals surface area contributed by atoms with E-state index in [0.29, 0.717) is 35.2 Å². The van der Waals surface area contributed by atoms with Crippen molar-refractivity contribution in [2.45, 2.75) is 19.5 Å². The fourth-order valence-corrected chi connectivity index (χ4v) is 4.51. The monoisotopic (exact) mass is 467 g/mol. The first kappa shape index (κ1) is 21.5. The van der Waals surface area contributed by atoms with E-state index < -0.39 is 0 Å². The first-order chi connectivity index (χ1) is 15.1. The fraction of sp³-hybridized carbons (Fsp3) is 0.125. The number of pyridine rings is 1. The Kier molecular flexibility index (Phi) is 6.97. The smallest absolute Gasteiger partial charge is 0.273 e. The van der Waals surface area contributed by atoms with Gasteiger partial charge in [-0.2, -0.15) is 0 Å². The highest BCUT2D eigenvalue weighted by atomic mass is 35.5. The van der Waals surface area contributed by atoms with Gasteiger partial charge in [0.25, 0.3) is 5.91 Å². The minimum Gasteiger partial charge on any atom is -0.327 e. The Morgan fingerprint density at radius 1 is 0.903 bits per heavy atom. The van der Waals surface area contributed by atoms with Crippen LogP contribution in [0, 0.1) is 0 Å². The summed E-state index contributed by atoms with van der Waals surface area (Å²) in [6.45, 7) is 0.872. The Bertz CT molecular complexity index is 1100. The number of hydrogen-bond donors (Lipinski definition) is 0. The number of nitrogens with zero attached hydrogens (tertiary/aromatic N) is 3. The number of amides is 1. The predicted molar refractivity (Wildman–Crippen MR) is 126 cm³/mol. The van der Waals surface area contributed by atoms with Crippen LogP contribution in [0.25, 0.3) is 0 Å². The zero-order valence-corrected chi connectivity index (χ0v) is 18.9. The number of halogens is 2. The molecule has 156 valence electrons. The lowest BCUT2D eigenvalue weighted by molar-refractivity contribution is 0.0722. The topological polar surface area (TPSA) is 46.1 Å². The maximum Gasteiger partial charge on any atom is 0.273 e.